The van der Waals surface area contributed by atoms with Crippen LogP contribution in [0.15, 0.2) is 24.3 Å². The van der Waals surface area contributed by atoms with E-state index in [9.17, 15) is 19.8 Å². The fourth-order valence-electron chi connectivity index (χ4n) is 3.05. The van der Waals surface area contributed by atoms with Gasteiger partial charge in [0.1, 0.15) is 0 Å². The first-order chi connectivity index (χ1) is 10.5. The van der Waals surface area contributed by atoms with Crippen molar-refractivity contribution in [3.05, 3.63) is 24.3 Å². The van der Waals surface area contributed by atoms with E-state index in [1.807, 2.05) is 0 Å². The van der Waals surface area contributed by atoms with Gasteiger partial charge in [0, 0.05) is 37.3 Å². The molecule has 1 aromatic carbocycles. The van der Waals surface area contributed by atoms with E-state index in [0.29, 0.717) is 25.1 Å². The highest BCUT2D eigenvalue weighted by atomic mass is 16.5. The standard InChI is InChI=1S/C16H20N2O4/c19-14-4-1-2-10-17(14)12-5-7-13(8-6-12)18-11-3-9-16(21,22)15(18)20/h5-8,21-22H,1-4,9-11H2. The van der Waals surface area contributed by atoms with Crippen LogP contribution in [0.2, 0.25) is 0 Å². The number of hydrogen-bond acceptors (Lipinski definition) is 4. The molecule has 0 bridgehead atoms. The van der Waals surface area contributed by atoms with Gasteiger partial charge in [-0.1, -0.05) is 0 Å². The molecule has 2 heterocycles. The quantitative estimate of drug-likeness (QED) is 0.799. The SMILES string of the molecule is O=C1CCCCN1c1ccc(N2CCCC(O)(O)C2=O)cc1. The number of nitrogens with zero attached hydrogens (tertiary/aromatic N) is 2. The molecular formula is C16H20N2O4. The first-order valence-corrected chi connectivity index (χ1v) is 7.66. The summed E-state index contributed by atoms with van der Waals surface area (Å²) < 4.78 is 0. The third-order valence-corrected chi connectivity index (χ3v) is 4.29. The third kappa shape index (κ3) is 2.71. The van der Waals surface area contributed by atoms with Gasteiger partial charge in [-0.05, 0) is 43.5 Å². The molecule has 0 atom stereocenters. The van der Waals surface area contributed by atoms with Crippen molar-refractivity contribution in [3.63, 3.8) is 0 Å². The Hall–Kier alpha value is -1.92. The number of amides is 2. The highest BCUT2D eigenvalue weighted by molar-refractivity contribution is 5.99. The van der Waals surface area contributed by atoms with Crippen LogP contribution in [0.25, 0.3) is 0 Å². The van der Waals surface area contributed by atoms with Gasteiger partial charge in [0.25, 0.3) is 5.91 Å². The Balaban J connectivity index is 1.79. The first kappa shape index (κ1) is 15.0. The lowest BCUT2D eigenvalue weighted by atomic mass is 10.0. The maximum absolute atomic E-state index is 12.0. The zero-order chi connectivity index (χ0) is 15.7. The first-order valence-electron chi connectivity index (χ1n) is 7.66. The van der Waals surface area contributed by atoms with E-state index < -0.39 is 11.7 Å². The van der Waals surface area contributed by atoms with Crippen molar-refractivity contribution in [2.45, 2.75) is 37.9 Å². The molecule has 2 fully saturated rings. The van der Waals surface area contributed by atoms with E-state index >= 15 is 0 Å². The monoisotopic (exact) mass is 304 g/mol. The Labute approximate surface area is 129 Å². The second kappa shape index (κ2) is 5.70. The van der Waals surface area contributed by atoms with Gasteiger partial charge >= 0.3 is 0 Å². The third-order valence-electron chi connectivity index (χ3n) is 4.29. The molecule has 2 amide bonds. The van der Waals surface area contributed by atoms with E-state index in [1.54, 1.807) is 29.2 Å². The molecule has 118 valence electrons. The molecule has 3 rings (SSSR count). The van der Waals surface area contributed by atoms with E-state index in [0.717, 1.165) is 25.1 Å². The van der Waals surface area contributed by atoms with Gasteiger partial charge < -0.3 is 20.0 Å². The predicted molar refractivity (Wildman–Crippen MR) is 81.4 cm³/mol. The lowest BCUT2D eigenvalue weighted by Crippen LogP contribution is -2.53. The zero-order valence-electron chi connectivity index (χ0n) is 12.4. The summed E-state index contributed by atoms with van der Waals surface area (Å²) in [4.78, 5) is 27.1. The molecule has 0 spiro atoms. The maximum atomic E-state index is 12.0. The summed E-state index contributed by atoms with van der Waals surface area (Å²) in [6, 6.07) is 7.10. The largest absolute Gasteiger partial charge is 0.358 e. The van der Waals surface area contributed by atoms with Crippen molar-refractivity contribution in [1.82, 2.24) is 0 Å². The smallest absolute Gasteiger partial charge is 0.286 e. The number of benzene rings is 1. The molecule has 0 radical (unpaired) electrons. The summed E-state index contributed by atoms with van der Waals surface area (Å²) >= 11 is 0. The predicted octanol–water partition coefficient (Wildman–Crippen LogP) is 1.01. The number of anilines is 2. The fourth-order valence-corrected chi connectivity index (χ4v) is 3.05. The molecule has 0 aliphatic carbocycles. The van der Waals surface area contributed by atoms with Gasteiger partial charge in [-0.15, -0.1) is 0 Å². The molecule has 2 aliphatic heterocycles. The van der Waals surface area contributed by atoms with E-state index in [2.05, 4.69) is 0 Å². The number of hydrogen-bond donors (Lipinski definition) is 2. The van der Waals surface area contributed by atoms with Gasteiger partial charge in [-0.25, -0.2) is 0 Å². The van der Waals surface area contributed by atoms with Crippen LogP contribution >= 0.6 is 0 Å². The van der Waals surface area contributed by atoms with Crippen LogP contribution in [-0.4, -0.2) is 40.9 Å². The molecule has 1 aromatic rings. The van der Waals surface area contributed by atoms with E-state index in [1.165, 1.54) is 4.90 Å². The number of aliphatic hydroxyl groups is 2. The van der Waals surface area contributed by atoms with Gasteiger partial charge in [0.05, 0.1) is 0 Å². The van der Waals surface area contributed by atoms with Crippen LogP contribution in [0.1, 0.15) is 32.1 Å². The summed E-state index contributed by atoms with van der Waals surface area (Å²) in [5.41, 5.74) is 1.43. The Morgan fingerprint density at radius 3 is 2.09 bits per heavy atom. The number of piperidine rings is 2. The highest BCUT2D eigenvalue weighted by Gasteiger charge is 2.40. The summed E-state index contributed by atoms with van der Waals surface area (Å²) in [6.07, 6.45) is 3.10. The van der Waals surface area contributed by atoms with Crippen molar-refractivity contribution in [2.75, 3.05) is 22.9 Å². The topological polar surface area (TPSA) is 81.1 Å². The summed E-state index contributed by atoms with van der Waals surface area (Å²) in [7, 11) is 0. The molecule has 0 saturated carbocycles. The van der Waals surface area contributed by atoms with Crippen molar-refractivity contribution in [3.8, 4) is 0 Å². The fraction of sp³-hybridized carbons (Fsp3) is 0.500. The van der Waals surface area contributed by atoms with E-state index in [-0.39, 0.29) is 12.3 Å². The average Bonchev–Trinajstić information content (AvgIpc) is 2.51. The zero-order valence-corrected chi connectivity index (χ0v) is 12.4. The average molecular weight is 304 g/mol. The van der Waals surface area contributed by atoms with Crippen molar-refractivity contribution in [2.24, 2.45) is 0 Å². The molecule has 6 heteroatoms. The van der Waals surface area contributed by atoms with Crippen molar-refractivity contribution in [1.29, 1.82) is 0 Å². The van der Waals surface area contributed by atoms with Gasteiger partial charge in [-0.3, -0.25) is 9.59 Å². The van der Waals surface area contributed by atoms with Crippen LogP contribution in [0.3, 0.4) is 0 Å². The summed E-state index contributed by atoms with van der Waals surface area (Å²) in [5, 5.41) is 19.4. The Bertz CT molecular complexity index is 582. The van der Waals surface area contributed by atoms with Gasteiger partial charge in [-0.2, -0.15) is 0 Å². The van der Waals surface area contributed by atoms with Crippen molar-refractivity contribution < 1.29 is 19.8 Å². The van der Waals surface area contributed by atoms with E-state index in [4.69, 9.17) is 0 Å². The Morgan fingerprint density at radius 2 is 1.45 bits per heavy atom. The summed E-state index contributed by atoms with van der Waals surface area (Å²) in [5.74, 6) is -2.85. The molecule has 2 N–H and O–H groups in total. The lowest BCUT2D eigenvalue weighted by molar-refractivity contribution is -0.188. The Kier molecular flexibility index (Phi) is 3.88. The lowest BCUT2D eigenvalue weighted by Gasteiger charge is -2.35. The van der Waals surface area contributed by atoms with Crippen LogP contribution in [0, 0.1) is 0 Å². The van der Waals surface area contributed by atoms with Crippen LogP contribution in [0.5, 0.6) is 0 Å². The number of carbonyl (C=O) groups is 2. The molecular weight excluding hydrogens is 284 g/mol. The molecule has 22 heavy (non-hydrogen) atoms. The number of carbonyl (C=O) groups excluding carboxylic acids is 2. The van der Waals surface area contributed by atoms with Crippen LogP contribution in [0.4, 0.5) is 11.4 Å². The second-order valence-electron chi connectivity index (χ2n) is 5.90. The molecule has 0 aromatic heterocycles. The van der Waals surface area contributed by atoms with Crippen LogP contribution < -0.4 is 9.80 Å². The maximum Gasteiger partial charge on any atom is 0.286 e. The minimum Gasteiger partial charge on any atom is -0.358 e. The van der Waals surface area contributed by atoms with Crippen molar-refractivity contribution >= 4 is 23.2 Å². The minimum absolute atomic E-state index is 0.0582. The minimum atomic E-state index is -2.28. The second-order valence-corrected chi connectivity index (χ2v) is 5.90. The Morgan fingerprint density at radius 1 is 0.864 bits per heavy atom. The molecule has 2 saturated heterocycles. The summed E-state index contributed by atoms with van der Waals surface area (Å²) in [6.45, 7) is 1.18. The molecule has 0 unspecified atom stereocenters. The van der Waals surface area contributed by atoms with Gasteiger partial charge in [0.15, 0.2) is 0 Å². The highest BCUT2D eigenvalue weighted by Crippen LogP contribution is 2.28. The van der Waals surface area contributed by atoms with Crippen LogP contribution in [-0.2, 0) is 9.59 Å². The number of rotatable bonds is 2. The van der Waals surface area contributed by atoms with Gasteiger partial charge in [0.2, 0.25) is 11.7 Å². The molecule has 2 aliphatic rings. The normalized spacial score (nSPS) is 22.1. The molecule has 6 nitrogen and oxygen atoms in total.